The highest BCUT2D eigenvalue weighted by molar-refractivity contribution is 5.85. The summed E-state index contributed by atoms with van der Waals surface area (Å²) in [6.45, 7) is 0. The summed E-state index contributed by atoms with van der Waals surface area (Å²) < 4.78 is 0. The molecule has 1 fully saturated rings. The van der Waals surface area contributed by atoms with E-state index in [0.717, 1.165) is 25.7 Å². The predicted octanol–water partition coefficient (Wildman–Crippen LogP) is 0.411. The Labute approximate surface area is 72.9 Å². The van der Waals surface area contributed by atoms with Crippen molar-refractivity contribution in [3.8, 4) is 0 Å². The van der Waals surface area contributed by atoms with Crippen LogP contribution in [0.4, 0.5) is 0 Å². The Bertz CT molecular complexity index is 132. The van der Waals surface area contributed by atoms with E-state index in [9.17, 15) is 4.79 Å². The number of hydrogen-bond donors (Lipinski definition) is 2. The summed E-state index contributed by atoms with van der Waals surface area (Å²) in [5, 5.41) is 0. The molecule has 0 aromatic rings. The van der Waals surface area contributed by atoms with Crippen LogP contribution >= 0.6 is 12.4 Å². The first-order valence-corrected chi connectivity index (χ1v) is 3.75. The average Bonchev–Trinajstić information content (AvgIpc) is 1.88. The van der Waals surface area contributed by atoms with Crippen molar-refractivity contribution in [1.29, 1.82) is 0 Å². The Morgan fingerprint density at radius 2 is 1.64 bits per heavy atom. The van der Waals surface area contributed by atoms with Crippen LogP contribution in [-0.2, 0) is 4.79 Å². The molecule has 1 aliphatic rings. The lowest BCUT2D eigenvalue weighted by Gasteiger charge is -2.23. The van der Waals surface area contributed by atoms with Gasteiger partial charge in [0.1, 0.15) is 0 Å². The summed E-state index contributed by atoms with van der Waals surface area (Å²) in [5.74, 6) is -0.0632. The fourth-order valence-electron chi connectivity index (χ4n) is 1.40. The lowest BCUT2D eigenvalue weighted by Crippen LogP contribution is -2.32. The van der Waals surface area contributed by atoms with Crippen molar-refractivity contribution in [2.24, 2.45) is 17.4 Å². The number of hydrogen-bond acceptors (Lipinski definition) is 2. The normalized spacial score (nSPS) is 30.6. The van der Waals surface area contributed by atoms with E-state index in [1.165, 1.54) is 0 Å². The van der Waals surface area contributed by atoms with Crippen molar-refractivity contribution >= 4 is 18.3 Å². The van der Waals surface area contributed by atoms with Crippen molar-refractivity contribution in [3.63, 3.8) is 0 Å². The van der Waals surface area contributed by atoms with Crippen molar-refractivity contribution in [2.45, 2.75) is 31.7 Å². The van der Waals surface area contributed by atoms with Gasteiger partial charge in [-0.25, -0.2) is 0 Å². The van der Waals surface area contributed by atoms with Gasteiger partial charge in [-0.05, 0) is 25.7 Å². The third-order valence-corrected chi connectivity index (χ3v) is 2.17. The van der Waals surface area contributed by atoms with Crippen LogP contribution in [0.5, 0.6) is 0 Å². The molecule has 0 radical (unpaired) electrons. The minimum Gasteiger partial charge on any atom is -0.369 e. The first kappa shape index (κ1) is 10.7. The SMILES string of the molecule is Cl.NC(=O)[C@H]1CC[C@@H](N)CC1. The Kier molecular flexibility index (Phi) is 4.45. The molecule has 3 nitrogen and oxygen atoms in total. The average molecular weight is 179 g/mol. The largest absolute Gasteiger partial charge is 0.369 e. The molecule has 0 aromatic heterocycles. The van der Waals surface area contributed by atoms with Gasteiger partial charge in [-0.2, -0.15) is 0 Å². The molecular weight excluding hydrogens is 164 g/mol. The highest BCUT2D eigenvalue weighted by atomic mass is 35.5. The maximum atomic E-state index is 10.6. The molecule has 0 heterocycles. The van der Waals surface area contributed by atoms with Crippen molar-refractivity contribution < 1.29 is 4.79 Å². The summed E-state index contributed by atoms with van der Waals surface area (Å²) in [6, 6.07) is 0.301. The number of rotatable bonds is 1. The minimum absolute atomic E-state index is 0. The Hall–Kier alpha value is -0.280. The van der Waals surface area contributed by atoms with E-state index in [-0.39, 0.29) is 24.2 Å². The molecule has 1 amide bonds. The van der Waals surface area contributed by atoms with E-state index in [0.29, 0.717) is 6.04 Å². The van der Waals surface area contributed by atoms with Crippen LogP contribution in [0.1, 0.15) is 25.7 Å². The minimum atomic E-state index is -0.160. The second-order valence-corrected chi connectivity index (χ2v) is 3.01. The number of carbonyl (C=O) groups excluding carboxylic acids is 1. The van der Waals surface area contributed by atoms with Gasteiger partial charge in [-0.3, -0.25) is 4.79 Å². The first-order valence-electron chi connectivity index (χ1n) is 3.75. The lowest BCUT2D eigenvalue weighted by atomic mass is 9.86. The fourth-order valence-corrected chi connectivity index (χ4v) is 1.40. The van der Waals surface area contributed by atoms with Gasteiger partial charge < -0.3 is 11.5 Å². The van der Waals surface area contributed by atoms with E-state index in [4.69, 9.17) is 11.5 Å². The molecule has 4 heteroatoms. The monoisotopic (exact) mass is 178 g/mol. The zero-order valence-electron chi connectivity index (χ0n) is 6.45. The van der Waals surface area contributed by atoms with Crippen LogP contribution in [0.2, 0.25) is 0 Å². The molecule has 0 aromatic carbocycles. The van der Waals surface area contributed by atoms with E-state index < -0.39 is 0 Å². The highest BCUT2D eigenvalue weighted by Crippen LogP contribution is 2.22. The van der Waals surface area contributed by atoms with Gasteiger partial charge in [0.15, 0.2) is 0 Å². The summed E-state index contributed by atoms with van der Waals surface area (Å²) in [5.41, 5.74) is 10.8. The first-order chi connectivity index (χ1) is 4.70. The smallest absolute Gasteiger partial charge is 0.220 e. The van der Waals surface area contributed by atoms with Crippen molar-refractivity contribution in [2.75, 3.05) is 0 Å². The third kappa shape index (κ3) is 3.08. The van der Waals surface area contributed by atoms with Gasteiger partial charge in [0.2, 0.25) is 5.91 Å². The molecule has 0 saturated heterocycles. The Balaban J connectivity index is 0.000001000. The lowest BCUT2D eigenvalue weighted by molar-refractivity contribution is -0.122. The Morgan fingerprint density at radius 1 is 1.18 bits per heavy atom. The molecule has 1 rings (SSSR count). The highest BCUT2D eigenvalue weighted by Gasteiger charge is 2.21. The molecule has 0 bridgehead atoms. The molecule has 0 spiro atoms. The van der Waals surface area contributed by atoms with Crippen molar-refractivity contribution in [3.05, 3.63) is 0 Å². The maximum Gasteiger partial charge on any atom is 0.220 e. The molecule has 1 aliphatic carbocycles. The van der Waals surface area contributed by atoms with Crippen LogP contribution in [-0.4, -0.2) is 11.9 Å². The van der Waals surface area contributed by atoms with E-state index >= 15 is 0 Å². The molecule has 0 unspecified atom stereocenters. The van der Waals surface area contributed by atoms with Gasteiger partial charge in [-0.1, -0.05) is 0 Å². The number of carbonyl (C=O) groups is 1. The topological polar surface area (TPSA) is 69.1 Å². The summed E-state index contributed by atoms with van der Waals surface area (Å²) >= 11 is 0. The van der Waals surface area contributed by atoms with E-state index in [2.05, 4.69) is 0 Å². The zero-order valence-corrected chi connectivity index (χ0v) is 7.27. The van der Waals surface area contributed by atoms with Crippen LogP contribution in [0.15, 0.2) is 0 Å². The molecular formula is C7H15ClN2O. The van der Waals surface area contributed by atoms with Gasteiger partial charge in [0.05, 0.1) is 0 Å². The van der Waals surface area contributed by atoms with Crippen LogP contribution in [0.25, 0.3) is 0 Å². The van der Waals surface area contributed by atoms with E-state index in [1.807, 2.05) is 0 Å². The van der Waals surface area contributed by atoms with Crippen LogP contribution < -0.4 is 11.5 Å². The maximum absolute atomic E-state index is 10.6. The van der Waals surface area contributed by atoms with Gasteiger partial charge in [0, 0.05) is 12.0 Å². The number of amides is 1. The zero-order chi connectivity index (χ0) is 7.56. The third-order valence-electron chi connectivity index (χ3n) is 2.17. The van der Waals surface area contributed by atoms with Crippen LogP contribution in [0, 0.1) is 5.92 Å². The van der Waals surface area contributed by atoms with Crippen molar-refractivity contribution in [1.82, 2.24) is 0 Å². The summed E-state index contributed by atoms with van der Waals surface area (Å²) in [6.07, 6.45) is 3.67. The summed E-state index contributed by atoms with van der Waals surface area (Å²) in [7, 11) is 0. The molecule has 11 heavy (non-hydrogen) atoms. The quantitative estimate of drug-likeness (QED) is 0.611. The molecule has 4 N–H and O–H groups in total. The molecule has 0 aliphatic heterocycles. The second-order valence-electron chi connectivity index (χ2n) is 3.01. The van der Waals surface area contributed by atoms with E-state index in [1.54, 1.807) is 0 Å². The van der Waals surface area contributed by atoms with Gasteiger partial charge in [-0.15, -0.1) is 12.4 Å². The molecule has 0 atom stereocenters. The number of nitrogens with two attached hydrogens (primary N) is 2. The molecule has 66 valence electrons. The second kappa shape index (κ2) is 4.57. The fraction of sp³-hybridized carbons (Fsp3) is 0.857. The van der Waals surface area contributed by atoms with Crippen LogP contribution in [0.3, 0.4) is 0 Å². The number of halogens is 1. The number of primary amides is 1. The summed E-state index contributed by atoms with van der Waals surface area (Å²) in [4.78, 5) is 10.6. The van der Waals surface area contributed by atoms with Gasteiger partial charge in [0.25, 0.3) is 0 Å². The molecule has 1 saturated carbocycles. The predicted molar refractivity (Wildman–Crippen MR) is 46.4 cm³/mol. The standard InChI is InChI=1S/C7H14N2O.ClH/c8-6-3-1-5(2-4-6)7(9)10;/h5-6H,1-4,8H2,(H2,9,10);1H/t5-,6+;. The Morgan fingerprint density at radius 3 is 2.00 bits per heavy atom. The van der Waals surface area contributed by atoms with Gasteiger partial charge >= 0.3 is 0 Å².